The van der Waals surface area contributed by atoms with Crippen molar-refractivity contribution in [3.63, 3.8) is 0 Å². The molecule has 146 valence electrons. The van der Waals surface area contributed by atoms with Crippen molar-refractivity contribution >= 4 is 16.8 Å². The van der Waals surface area contributed by atoms with Gasteiger partial charge in [-0.1, -0.05) is 18.2 Å². The highest BCUT2D eigenvalue weighted by Crippen LogP contribution is 2.20. The van der Waals surface area contributed by atoms with E-state index in [1.54, 1.807) is 13.3 Å². The molecule has 0 aliphatic rings. The van der Waals surface area contributed by atoms with Crippen LogP contribution < -0.4 is 14.8 Å². The second-order valence-electron chi connectivity index (χ2n) is 6.30. The van der Waals surface area contributed by atoms with Gasteiger partial charge in [-0.05, 0) is 42.0 Å². The largest absolute Gasteiger partial charge is 0.497 e. The molecule has 0 spiro atoms. The van der Waals surface area contributed by atoms with Gasteiger partial charge in [0, 0.05) is 18.1 Å². The number of hydrogen-bond acceptors (Lipinski definition) is 6. The lowest BCUT2D eigenvalue weighted by molar-refractivity contribution is 0.0946. The molecule has 0 saturated carbocycles. The van der Waals surface area contributed by atoms with E-state index in [-0.39, 0.29) is 18.2 Å². The summed E-state index contributed by atoms with van der Waals surface area (Å²) in [6.45, 7) is 0.504. The molecule has 0 radical (unpaired) electrons. The topological polar surface area (TPSA) is 86.5 Å². The molecule has 4 aromatic rings. The van der Waals surface area contributed by atoms with Gasteiger partial charge >= 0.3 is 0 Å². The summed E-state index contributed by atoms with van der Waals surface area (Å²) in [5.41, 5.74) is 2.06. The standard InChI is InChI=1S/C22H19N3O4/c1-27-17-6-4-15(5-7-17)12-24-22(26)20-13-29-21(25-20)14-28-18-8-9-19-16(11-18)3-2-10-23-19/h2-11,13H,12,14H2,1H3,(H,24,26). The van der Waals surface area contributed by atoms with Crippen molar-refractivity contribution in [1.29, 1.82) is 0 Å². The first kappa shape index (κ1) is 18.5. The van der Waals surface area contributed by atoms with Crippen LogP contribution >= 0.6 is 0 Å². The zero-order chi connectivity index (χ0) is 20.1. The predicted octanol–water partition coefficient (Wildman–Crippen LogP) is 3.74. The maximum atomic E-state index is 12.3. The number of aromatic nitrogens is 2. The summed E-state index contributed by atoms with van der Waals surface area (Å²) in [4.78, 5) is 20.7. The quantitative estimate of drug-likeness (QED) is 0.518. The molecule has 2 aromatic heterocycles. The number of pyridine rings is 1. The van der Waals surface area contributed by atoms with Crippen LogP contribution in [0, 0.1) is 0 Å². The fourth-order valence-electron chi connectivity index (χ4n) is 2.79. The maximum absolute atomic E-state index is 12.3. The molecule has 0 fully saturated rings. The van der Waals surface area contributed by atoms with Crippen LogP contribution in [0.15, 0.2) is 71.5 Å². The van der Waals surface area contributed by atoms with Crippen LogP contribution in [-0.2, 0) is 13.2 Å². The molecule has 0 aliphatic heterocycles. The normalized spacial score (nSPS) is 10.7. The lowest BCUT2D eigenvalue weighted by Gasteiger charge is -2.05. The van der Waals surface area contributed by atoms with Crippen molar-refractivity contribution in [2.45, 2.75) is 13.2 Å². The Morgan fingerprint density at radius 1 is 1.10 bits per heavy atom. The van der Waals surface area contributed by atoms with Crippen molar-refractivity contribution in [3.8, 4) is 11.5 Å². The number of amides is 1. The molecule has 2 heterocycles. The molecule has 0 bridgehead atoms. The van der Waals surface area contributed by atoms with Crippen LogP contribution in [-0.4, -0.2) is 23.0 Å². The van der Waals surface area contributed by atoms with E-state index in [4.69, 9.17) is 13.9 Å². The smallest absolute Gasteiger partial charge is 0.273 e. The molecule has 1 N–H and O–H groups in total. The Morgan fingerprint density at radius 3 is 2.76 bits per heavy atom. The number of rotatable bonds is 7. The number of ether oxygens (including phenoxy) is 2. The van der Waals surface area contributed by atoms with E-state index in [1.165, 1.54) is 6.26 Å². The summed E-state index contributed by atoms with van der Waals surface area (Å²) < 4.78 is 16.2. The fraction of sp³-hybridized carbons (Fsp3) is 0.136. The van der Waals surface area contributed by atoms with Gasteiger partial charge in [-0.2, -0.15) is 0 Å². The summed E-state index contributed by atoms with van der Waals surface area (Å²) in [5.74, 6) is 1.46. The monoisotopic (exact) mass is 389 g/mol. The summed E-state index contributed by atoms with van der Waals surface area (Å²) in [5, 5.41) is 3.79. The predicted molar refractivity (Wildman–Crippen MR) is 107 cm³/mol. The van der Waals surface area contributed by atoms with Crippen LogP contribution in [0.3, 0.4) is 0 Å². The van der Waals surface area contributed by atoms with Crippen LogP contribution in [0.4, 0.5) is 0 Å². The van der Waals surface area contributed by atoms with Crippen molar-refractivity contribution in [2.24, 2.45) is 0 Å². The number of carbonyl (C=O) groups is 1. The second-order valence-corrected chi connectivity index (χ2v) is 6.30. The fourth-order valence-corrected chi connectivity index (χ4v) is 2.79. The maximum Gasteiger partial charge on any atom is 0.273 e. The van der Waals surface area contributed by atoms with E-state index in [2.05, 4.69) is 15.3 Å². The van der Waals surface area contributed by atoms with Gasteiger partial charge in [0.05, 0.1) is 12.6 Å². The molecule has 0 unspecified atom stereocenters. The Hall–Kier alpha value is -3.87. The van der Waals surface area contributed by atoms with Gasteiger partial charge in [-0.3, -0.25) is 9.78 Å². The third-order valence-electron chi connectivity index (χ3n) is 4.33. The van der Waals surface area contributed by atoms with Crippen molar-refractivity contribution in [2.75, 3.05) is 7.11 Å². The van der Waals surface area contributed by atoms with Gasteiger partial charge in [-0.15, -0.1) is 0 Å². The molecule has 7 heteroatoms. The van der Waals surface area contributed by atoms with E-state index in [0.29, 0.717) is 18.2 Å². The zero-order valence-corrected chi connectivity index (χ0v) is 15.8. The minimum Gasteiger partial charge on any atom is -0.497 e. The molecule has 2 aromatic carbocycles. The number of oxazole rings is 1. The lowest BCUT2D eigenvalue weighted by atomic mass is 10.2. The van der Waals surface area contributed by atoms with Crippen LogP contribution in [0.5, 0.6) is 11.5 Å². The summed E-state index contributed by atoms with van der Waals surface area (Å²) in [7, 11) is 1.61. The van der Waals surface area contributed by atoms with E-state index >= 15 is 0 Å². The van der Waals surface area contributed by atoms with E-state index in [9.17, 15) is 4.79 Å². The van der Waals surface area contributed by atoms with Crippen molar-refractivity contribution in [3.05, 3.63) is 84.2 Å². The Labute approximate surface area is 167 Å². The van der Waals surface area contributed by atoms with Crippen LogP contribution in [0.1, 0.15) is 21.9 Å². The Balaban J connectivity index is 1.32. The average Bonchev–Trinajstić information content (AvgIpc) is 3.25. The molecule has 0 atom stereocenters. The first-order valence-corrected chi connectivity index (χ1v) is 9.04. The van der Waals surface area contributed by atoms with Gasteiger partial charge in [0.15, 0.2) is 12.3 Å². The van der Waals surface area contributed by atoms with E-state index < -0.39 is 0 Å². The molecule has 29 heavy (non-hydrogen) atoms. The van der Waals surface area contributed by atoms with E-state index in [0.717, 1.165) is 22.2 Å². The summed E-state index contributed by atoms with van der Waals surface area (Å²) >= 11 is 0. The molecule has 0 saturated heterocycles. The average molecular weight is 389 g/mol. The summed E-state index contributed by atoms with van der Waals surface area (Å²) in [6.07, 6.45) is 3.07. The Morgan fingerprint density at radius 2 is 1.93 bits per heavy atom. The number of methoxy groups -OCH3 is 1. The Kier molecular flexibility index (Phi) is 5.38. The minimum absolute atomic E-state index is 0.123. The van der Waals surface area contributed by atoms with Crippen LogP contribution in [0.25, 0.3) is 10.9 Å². The molecule has 7 nitrogen and oxygen atoms in total. The number of fused-ring (bicyclic) bond motifs is 1. The number of nitrogens with zero attached hydrogens (tertiary/aromatic N) is 2. The highest BCUT2D eigenvalue weighted by atomic mass is 16.5. The molecule has 4 rings (SSSR count). The second kappa shape index (κ2) is 8.43. The van der Waals surface area contributed by atoms with Crippen molar-refractivity contribution in [1.82, 2.24) is 15.3 Å². The molecule has 1 amide bonds. The van der Waals surface area contributed by atoms with Gasteiger partial charge in [0.1, 0.15) is 17.8 Å². The van der Waals surface area contributed by atoms with E-state index in [1.807, 2.05) is 54.6 Å². The number of hydrogen-bond donors (Lipinski definition) is 1. The first-order chi connectivity index (χ1) is 14.2. The van der Waals surface area contributed by atoms with Crippen molar-refractivity contribution < 1.29 is 18.7 Å². The third-order valence-corrected chi connectivity index (χ3v) is 4.33. The van der Waals surface area contributed by atoms with Gasteiger partial charge in [0.25, 0.3) is 5.91 Å². The molecule has 0 aliphatic carbocycles. The van der Waals surface area contributed by atoms with Gasteiger partial charge in [0.2, 0.25) is 5.89 Å². The SMILES string of the molecule is COc1ccc(CNC(=O)c2coc(COc3ccc4ncccc4c3)n2)cc1. The number of benzene rings is 2. The van der Waals surface area contributed by atoms with Gasteiger partial charge < -0.3 is 19.2 Å². The Bertz CT molecular complexity index is 1120. The number of nitrogens with one attached hydrogen (secondary N) is 1. The molecular weight excluding hydrogens is 370 g/mol. The zero-order valence-electron chi connectivity index (χ0n) is 15.8. The molecular formula is C22H19N3O4. The third kappa shape index (κ3) is 4.52. The lowest BCUT2D eigenvalue weighted by Crippen LogP contribution is -2.23. The highest BCUT2D eigenvalue weighted by molar-refractivity contribution is 5.91. The van der Waals surface area contributed by atoms with Crippen LogP contribution in [0.2, 0.25) is 0 Å². The van der Waals surface area contributed by atoms with Gasteiger partial charge in [-0.25, -0.2) is 4.98 Å². The number of carbonyl (C=O) groups excluding carboxylic acids is 1. The first-order valence-electron chi connectivity index (χ1n) is 9.04. The minimum atomic E-state index is -0.312. The summed E-state index contributed by atoms with van der Waals surface area (Å²) in [6, 6.07) is 16.9. The highest BCUT2D eigenvalue weighted by Gasteiger charge is 2.12.